The summed E-state index contributed by atoms with van der Waals surface area (Å²) in [6.45, 7) is 1.90. The van der Waals surface area contributed by atoms with Gasteiger partial charge in [0.15, 0.2) is 11.5 Å². The molecule has 0 unspecified atom stereocenters. The molecule has 1 aromatic carbocycles. The van der Waals surface area contributed by atoms with Crippen LogP contribution in [0.1, 0.15) is 10.4 Å². The molecule has 1 aliphatic rings. The summed E-state index contributed by atoms with van der Waals surface area (Å²) in [5.74, 6) is 0.858. The van der Waals surface area contributed by atoms with Gasteiger partial charge in [-0.15, -0.1) is 0 Å². The van der Waals surface area contributed by atoms with Crippen LogP contribution < -0.4 is 20.1 Å². The van der Waals surface area contributed by atoms with Crippen LogP contribution in [0.4, 0.5) is 5.69 Å². The molecule has 1 aromatic heterocycles. The van der Waals surface area contributed by atoms with E-state index in [1.807, 2.05) is 0 Å². The van der Waals surface area contributed by atoms with Gasteiger partial charge in [-0.05, 0) is 24.3 Å². The summed E-state index contributed by atoms with van der Waals surface area (Å²) in [7, 11) is 1.60. The third-order valence-corrected chi connectivity index (χ3v) is 4.98. The molecule has 30 heavy (non-hydrogen) atoms. The zero-order valence-electron chi connectivity index (χ0n) is 16.5. The predicted octanol–water partition coefficient (Wildman–Crippen LogP) is 1.93. The van der Waals surface area contributed by atoms with Gasteiger partial charge in [-0.2, -0.15) is 0 Å². The highest BCUT2D eigenvalue weighted by Gasteiger charge is 2.16. The average Bonchev–Trinajstić information content (AvgIpc) is 3.22. The minimum atomic E-state index is -0.267. The molecule has 9 nitrogen and oxygen atoms in total. The number of carbonyl (C=O) groups is 2. The minimum absolute atomic E-state index is 0.103. The number of methoxy groups -OCH3 is 1. The van der Waals surface area contributed by atoms with Gasteiger partial charge < -0.3 is 29.6 Å². The molecule has 160 valence electrons. The molecule has 0 spiro atoms. The smallest absolute Gasteiger partial charge is 0.254 e. The molecular weight excluding hydrogens is 410 g/mol. The molecule has 0 atom stereocenters. The lowest BCUT2D eigenvalue weighted by Gasteiger charge is -2.10. The first-order valence-electron chi connectivity index (χ1n) is 9.29. The molecule has 3 rings (SSSR count). The minimum Gasteiger partial charge on any atom is -0.454 e. The lowest BCUT2D eigenvalue weighted by molar-refractivity contribution is -0.113. The second-order valence-corrected chi connectivity index (χ2v) is 7.09. The van der Waals surface area contributed by atoms with Crippen molar-refractivity contribution < 1.29 is 28.5 Å². The van der Waals surface area contributed by atoms with Crippen molar-refractivity contribution in [3.63, 3.8) is 0 Å². The van der Waals surface area contributed by atoms with E-state index in [4.69, 9.17) is 18.9 Å². The monoisotopic (exact) mass is 433 g/mol. The maximum Gasteiger partial charge on any atom is 0.254 e. The molecule has 2 heterocycles. The molecule has 2 aromatic rings. The largest absolute Gasteiger partial charge is 0.454 e. The van der Waals surface area contributed by atoms with Crippen molar-refractivity contribution in [1.29, 1.82) is 0 Å². The van der Waals surface area contributed by atoms with E-state index in [1.54, 1.807) is 43.6 Å². The zero-order valence-corrected chi connectivity index (χ0v) is 17.3. The average molecular weight is 433 g/mol. The fourth-order valence-electron chi connectivity index (χ4n) is 2.56. The number of fused-ring (bicyclic) bond motifs is 1. The summed E-state index contributed by atoms with van der Waals surface area (Å²) in [6.07, 6.45) is 1.59. The number of nitrogens with zero attached hydrogens (tertiary/aromatic N) is 1. The molecule has 1 aliphatic heterocycles. The second kappa shape index (κ2) is 11.4. The Kier molecular flexibility index (Phi) is 8.30. The Bertz CT molecular complexity index is 879. The van der Waals surface area contributed by atoms with Gasteiger partial charge in [-0.3, -0.25) is 9.59 Å². The van der Waals surface area contributed by atoms with Crippen molar-refractivity contribution in [2.24, 2.45) is 0 Å². The Morgan fingerprint density at radius 2 is 2.03 bits per heavy atom. The summed E-state index contributed by atoms with van der Waals surface area (Å²) >= 11 is 1.19. The Labute approximate surface area is 178 Å². The molecule has 2 N–H and O–H groups in total. The number of ether oxygens (including phenoxy) is 4. The van der Waals surface area contributed by atoms with Crippen molar-refractivity contribution in [2.75, 3.05) is 51.3 Å². The number of nitrogens with one attached hydrogen (secondary N) is 2. The van der Waals surface area contributed by atoms with Gasteiger partial charge in [0, 0.05) is 31.6 Å². The SMILES string of the molecule is COCCOCCNC(=O)c1cccnc1SCC(=O)Nc1ccc2c(c1)OCO2. The fraction of sp³-hybridized carbons (Fsp3) is 0.350. The van der Waals surface area contributed by atoms with Crippen LogP contribution in [0.3, 0.4) is 0 Å². The summed E-state index contributed by atoms with van der Waals surface area (Å²) < 4.78 is 20.8. The zero-order chi connectivity index (χ0) is 21.2. The van der Waals surface area contributed by atoms with Crippen LogP contribution in [0.2, 0.25) is 0 Å². The Morgan fingerprint density at radius 3 is 2.90 bits per heavy atom. The normalized spacial score (nSPS) is 11.9. The number of thioether (sulfide) groups is 1. The Morgan fingerprint density at radius 1 is 1.17 bits per heavy atom. The quantitative estimate of drug-likeness (QED) is 0.409. The van der Waals surface area contributed by atoms with Gasteiger partial charge in [0.05, 0.1) is 31.1 Å². The van der Waals surface area contributed by atoms with E-state index in [2.05, 4.69) is 15.6 Å². The maximum absolute atomic E-state index is 12.4. The van der Waals surface area contributed by atoms with E-state index in [9.17, 15) is 9.59 Å². The van der Waals surface area contributed by atoms with Crippen LogP contribution in [0.25, 0.3) is 0 Å². The molecule has 0 aliphatic carbocycles. The number of hydrogen-bond donors (Lipinski definition) is 2. The van der Waals surface area contributed by atoms with Gasteiger partial charge in [-0.25, -0.2) is 4.98 Å². The Hall–Kier alpha value is -2.82. The van der Waals surface area contributed by atoms with Gasteiger partial charge in [0.2, 0.25) is 12.7 Å². The summed E-state index contributed by atoms with van der Waals surface area (Å²) in [5.41, 5.74) is 1.02. The summed E-state index contributed by atoms with van der Waals surface area (Å²) in [5, 5.41) is 6.06. The number of pyridine rings is 1. The molecule has 0 radical (unpaired) electrons. The summed E-state index contributed by atoms with van der Waals surface area (Å²) in [4.78, 5) is 29.0. The van der Waals surface area contributed by atoms with Gasteiger partial charge >= 0.3 is 0 Å². The van der Waals surface area contributed by atoms with Crippen LogP contribution >= 0.6 is 11.8 Å². The van der Waals surface area contributed by atoms with E-state index in [-0.39, 0.29) is 24.4 Å². The van der Waals surface area contributed by atoms with Crippen LogP contribution in [-0.4, -0.2) is 62.8 Å². The van der Waals surface area contributed by atoms with E-state index in [0.29, 0.717) is 54.1 Å². The number of benzene rings is 1. The van der Waals surface area contributed by atoms with Crippen molar-refractivity contribution in [1.82, 2.24) is 10.3 Å². The molecule has 0 bridgehead atoms. The standard InChI is InChI=1S/C20H23N3O6S/c1-26-9-10-27-8-7-21-19(25)15-3-2-6-22-20(15)30-12-18(24)23-14-4-5-16-17(11-14)29-13-28-16/h2-6,11H,7-10,12-13H2,1H3,(H,21,25)(H,23,24). The number of hydrogen-bond acceptors (Lipinski definition) is 8. The van der Waals surface area contributed by atoms with E-state index >= 15 is 0 Å². The van der Waals surface area contributed by atoms with Gasteiger partial charge in [0.1, 0.15) is 5.03 Å². The van der Waals surface area contributed by atoms with Crippen molar-refractivity contribution in [3.05, 3.63) is 42.1 Å². The maximum atomic E-state index is 12.4. The van der Waals surface area contributed by atoms with Crippen LogP contribution in [0.15, 0.2) is 41.6 Å². The first-order chi connectivity index (χ1) is 14.7. The molecule has 0 saturated heterocycles. The molecule has 2 amide bonds. The van der Waals surface area contributed by atoms with Crippen LogP contribution in [0, 0.1) is 0 Å². The number of anilines is 1. The highest BCUT2D eigenvalue weighted by Crippen LogP contribution is 2.34. The van der Waals surface area contributed by atoms with Crippen molar-refractivity contribution >= 4 is 29.3 Å². The number of aromatic nitrogens is 1. The Balaban J connectivity index is 1.48. The molecule has 0 fully saturated rings. The predicted molar refractivity (Wildman–Crippen MR) is 111 cm³/mol. The van der Waals surface area contributed by atoms with Crippen LogP contribution in [0.5, 0.6) is 11.5 Å². The third-order valence-electron chi connectivity index (χ3n) is 3.98. The number of amides is 2. The highest BCUT2D eigenvalue weighted by molar-refractivity contribution is 8.00. The molecule has 0 saturated carbocycles. The topological polar surface area (TPSA) is 108 Å². The highest BCUT2D eigenvalue weighted by atomic mass is 32.2. The molecule has 10 heteroatoms. The van der Waals surface area contributed by atoms with E-state index in [0.717, 1.165) is 0 Å². The number of rotatable bonds is 11. The summed E-state index contributed by atoms with van der Waals surface area (Å²) in [6, 6.07) is 8.54. The number of carbonyl (C=O) groups excluding carboxylic acids is 2. The molecular formula is C20H23N3O6S. The van der Waals surface area contributed by atoms with E-state index < -0.39 is 0 Å². The fourth-order valence-corrected chi connectivity index (χ4v) is 3.35. The lowest BCUT2D eigenvalue weighted by atomic mass is 10.2. The third kappa shape index (κ3) is 6.34. The van der Waals surface area contributed by atoms with Crippen molar-refractivity contribution in [2.45, 2.75) is 5.03 Å². The van der Waals surface area contributed by atoms with E-state index in [1.165, 1.54) is 11.8 Å². The lowest BCUT2D eigenvalue weighted by Crippen LogP contribution is -2.28. The van der Waals surface area contributed by atoms with Gasteiger partial charge in [-0.1, -0.05) is 11.8 Å². The van der Waals surface area contributed by atoms with Gasteiger partial charge in [0.25, 0.3) is 5.91 Å². The second-order valence-electron chi connectivity index (χ2n) is 6.12. The first-order valence-corrected chi connectivity index (χ1v) is 10.3. The van der Waals surface area contributed by atoms with Crippen molar-refractivity contribution in [3.8, 4) is 11.5 Å². The van der Waals surface area contributed by atoms with Crippen LogP contribution in [-0.2, 0) is 14.3 Å². The first kappa shape index (κ1) is 21.9.